The summed E-state index contributed by atoms with van der Waals surface area (Å²) in [7, 11) is 0. The van der Waals surface area contributed by atoms with E-state index in [0.29, 0.717) is 6.54 Å². The zero-order valence-electron chi connectivity index (χ0n) is 10.7. The Labute approximate surface area is 116 Å². The molecule has 0 amide bonds. The van der Waals surface area contributed by atoms with Crippen LogP contribution in [0.1, 0.15) is 30.5 Å². The maximum Gasteiger partial charge on any atom is 0.324 e. The maximum absolute atomic E-state index is 10.6. The SMILES string of the molecule is CCC(NCc1csc([N+](=O)[O-])c1)c1ccccc1. The standard InChI is InChI=1S/C14H16N2O2S/c1-2-13(12-6-4-3-5-7-12)15-9-11-8-14(16(17)18)19-10-11/h3-8,10,13,15H,2,9H2,1H3. The van der Waals surface area contributed by atoms with Crippen LogP contribution in [0, 0.1) is 10.1 Å². The van der Waals surface area contributed by atoms with Crippen molar-refractivity contribution < 1.29 is 4.92 Å². The third-order valence-corrected chi connectivity index (χ3v) is 3.91. The van der Waals surface area contributed by atoms with Crippen LogP contribution in [0.25, 0.3) is 0 Å². The van der Waals surface area contributed by atoms with Crippen LogP contribution in [0.2, 0.25) is 0 Å². The fourth-order valence-electron chi connectivity index (χ4n) is 1.98. The lowest BCUT2D eigenvalue weighted by molar-refractivity contribution is -0.380. The van der Waals surface area contributed by atoms with Gasteiger partial charge in [0.15, 0.2) is 0 Å². The molecule has 0 aliphatic heterocycles. The number of benzene rings is 1. The van der Waals surface area contributed by atoms with Gasteiger partial charge in [0.25, 0.3) is 0 Å². The lowest BCUT2D eigenvalue weighted by atomic mass is 10.0. The molecule has 0 saturated carbocycles. The number of rotatable bonds is 6. The molecule has 1 aromatic heterocycles. The van der Waals surface area contributed by atoms with Gasteiger partial charge in [-0.2, -0.15) is 0 Å². The summed E-state index contributed by atoms with van der Waals surface area (Å²) in [5.41, 5.74) is 2.21. The lowest BCUT2D eigenvalue weighted by Gasteiger charge is -2.16. The Morgan fingerprint density at radius 2 is 2.11 bits per heavy atom. The van der Waals surface area contributed by atoms with E-state index in [4.69, 9.17) is 0 Å². The molecule has 0 aliphatic carbocycles. The van der Waals surface area contributed by atoms with Crippen LogP contribution in [-0.2, 0) is 6.54 Å². The Hall–Kier alpha value is -1.72. The summed E-state index contributed by atoms with van der Waals surface area (Å²) < 4.78 is 0. The van der Waals surface area contributed by atoms with Gasteiger partial charge in [-0.05, 0) is 17.5 Å². The third-order valence-electron chi connectivity index (χ3n) is 2.98. The topological polar surface area (TPSA) is 55.2 Å². The number of thiophene rings is 1. The zero-order chi connectivity index (χ0) is 13.7. The summed E-state index contributed by atoms with van der Waals surface area (Å²) in [5.74, 6) is 0. The number of hydrogen-bond acceptors (Lipinski definition) is 4. The predicted molar refractivity (Wildman–Crippen MR) is 77.3 cm³/mol. The molecule has 100 valence electrons. The smallest absolute Gasteiger partial charge is 0.306 e. The second-order valence-corrected chi connectivity index (χ2v) is 5.19. The first kappa shape index (κ1) is 13.7. The van der Waals surface area contributed by atoms with Crippen molar-refractivity contribution in [1.29, 1.82) is 0 Å². The summed E-state index contributed by atoms with van der Waals surface area (Å²) in [6.07, 6.45) is 0.982. The van der Waals surface area contributed by atoms with E-state index >= 15 is 0 Å². The second-order valence-electron chi connectivity index (χ2n) is 4.30. The van der Waals surface area contributed by atoms with Gasteiger partial charge in [0.1, 0.15) is 0 Å². The largest absolute Gasteiger partial charge is 0.324 e. The van der Waals surface area contributed by atoms with E-state index in [1.807, 2.05) is 23.6 Å². The predicted octanol–water partition coefficient (Wildman–Crippen LogP) is 3.90. The fraction of sp³-hybridized carbons (Fsp3) is 0.286. The molecule has 0 saturated heterocycles. The Balaban J connectivity index is 1.98. The van der Waals surface area contributed by atoms with Crippen LogP contribution >= 0.6 is 11.3 Å². The Bertz CT molecular complexity index is 539. The van der Waals surface area contributed by atoms with Crippen molar-refractivity contribution in [2.45, 2.75) is 25.9 Å². The third kappa shape index (κ3) is 3.62. The molecule has 2 rings (SSSR count). The van der Waals surface area contributed by atoms with Crippen molar-refractivity contribution in [2.24, 2.45) is 0 Å². The van der Waals surface area contributed by atoms with E-state index in [0.717, 1.165) is 12.0 Å². The van der Waals surface area contributed by atoms with Gasteiger partial charge in [0.2, 0.25) is 0 Å². The summed E-state index contributed by atoms with van der Waals surface area (Å²) in [5, 5.41) is 16.1. The molecular formula is C14H16N2O2S. The van der Waals surface area contributed by atoms with Crippen LogP contribution in [0.4, 0.5) is 5.00 Å². The van der Waals surface area contributed by atoms with Crippen LogP contribution < -0.4 is 5.32 Å². The zero-order valence-corrected chi connectivity index (χ0v) is 11.5. The first-order chi connectivity index (χ1) is 9.20. The highest BCUT2D eigenvalue weighted by molar-refractivity contribution is 7.13. The van der Waals surface area contributed by atoms with Gasteiger partial charge in [-0.15, -0.1) is 0 Å². The minimum Gasteiger partial charge on any atom is -0.306 e. The highest BCUT2D eigenvalue weighted by Crippen LogP contribution is 2.23. The summed E-state index contributed by atoms with van der Waals surface area (Å²) >= 11 is 1.17. The number of hydrogen-bond donors (Lipinski definition) is 1. The Kier molecular flexibility index (Phi) is 4.65. The highest BCUT2D eigenvalue weighted by Gasteiger charge is 2.12. The van der Waals surface area contributed by atoms with Crippen molar-refractivity contribution in [3.63, 3.8) is 0 Å². The summed E-state index contributed by atoms with van der Waals surface area (Å²) in [6.45, 7) is 2.78. The Morgan fingerprint density at radius 1 is 1.37 bits per heavy atom. The van der Waals surface area contributed by atoms with Crippen molar-refractivity contribution >= 4 is 16.3 Å². The molecule has 0 fully saturated rings. The minimum atomic E-state index is -0.345. The fourth-order valence-corrected chi connectivity index (χ4v) is 2.70. The van der Waals surface area contributed by atoms with E-state index in [1.165, 1.54) is 16.9 Å². The number of nitrogens with zero attached hydrogens (tertiary/aromatic N) is 1. The van der Waals surface area contributed by atoms with Crippen molar-refractivity contribution in [2.75, 3.05) is 0 Å². The first-order valence-corrected chi connectivity index (χ1v) is 7.08. The number of nitro groups is 1. The van der Waals surface area contributed by atoms with Gasteiger partial charge in [-0.3, -0.25) is 10.1 Å². The van der Waals surface area contributed by atoms with Gasteiger partial charge in [0.05, 0.1) is 4.92 Å². The second kappa shape index (κ2) is 6.45. The lowest BCUT2D eigenvalue weighted by Crippen LogP contribution is -2.19. The molecule has 4 nitrogen and oxygen atoms in total. The van der Waals surface area contributed by atoms with Crippen LogP contribution in [0.15, 0.2) is 41.8 Å². The van der Waals surface area contributed by atoms with E-state index in [2.05, 4.69) is 24.4 Å². The van der Waals surface area contributed by atoms with E-state index in [-0.39, 0.29) is 16.0 Å². The average Bonchev–Trinajstić information content (AvgIpc) is 2.90. The molecule has 1 aromatic carbocycles. The maximum atomic E-state index is 10.6. The molecule has 19 heavy (non-hydrogen) atoms. The van der Waals surface area contributed by atoms with Gasteiger partial charge in [-0.25, -0.2) is 0 Å². The molecular weight excluding hydrogens is 260 g/mol. The van der Waals surface area contributed by atoms with Crippen LogP contribution in [0.3, 0.4) is 0 Å². The molecule has 0 bridgehead atoms. The molecule has 1 atom stereocenters. The van der Waals surface area contributed by atoms with Gasteiger partial charge >= 0.3 is 5.00 Å². The average molecular weight is 276 g/mol. The molecule has 0 radical (unpaired) electrons. The molecule has 5 heteroatoms. The van der Waals surface area contributed by atoms with Crippen LogP contribution in [-0.4, -0.2) is 4.92 Å². The van der Waals surface area contributed by atoms with E-state index in [1.54, 1.807) is 6.07 Å². The Morgan fingerprint density at radius 3 is 2.68 bits per heavy atom. The monoisotopic (exact) mass is 276 g/mol. The van der Waals surface area contributed by atoms with Gasteiger partial charge in [0, 0.05) is 24.0 Å². The van der Waals surface area contributed by atoms with Gasteiger partial charge < -0.3 is 5.32 Å². The molecule has 1 unspecified atom stereocenters. The summed E-state index contributed by atoms with van der Waals surface area (Å²) in [4.78, 5) is 10.3. The first-order valence-electron chi connectivity index (χ1n) is 6.21. The normalized spacial score (nSPS) is 12.3. The van der Waals surface area contributed by atoms with Crippen molar-refractivity contribution in [3.8, 4) is 0 Å². The van der Waals surface area contributed by atoms with E-state index in [9.17, 15) is 10.1 Å². The van der Waals surface area contributed by atoms with Gasteiger partial charge in [-0.1, -0.05) is 48.6 Å². The van der Waals surface area contributed by atoms with Crippen LogP contribution in [0.5, 0.6) is 0 Å². The number of nitrogens with one attached hydrogen (secondary N) is 1. The quantitative estimate of drug-likeness (QED) is 0.643. The summed E-state index contributed by atoms with van der Waals surface area (Å²) in [6, 6.07) is 12.1. The molecule has 0 spiro atoms. The van der Waals surface area contributed by atoms with E-state index < -0.39 is 0 Å². The molecule has 0 aliphatic rings. The molecule has 2 aromatic rings. The minimum absolute atomic E-state index is 0.199. The van der Waals surface area contributed by atoms with Crippen molar-refractivity contribution in [3.05, 3.63) is 63.0 Å². The van der Waals surface area contributed by atoms with Crippen molar-refractivity contribution in [1.82, 2.24) is 5.32 Å². The molecule has 1 heterocycles. The highest BCUT2D eigenvalue weighted by atomic mass is 32.1. The molecule has 1 N–H and O–H groups in total.